The number of benzene rings is 2. The molecule has 0 aromatic heterocycles. The van der Waals surface area contributed by atoms with E-state index < -0.39 is 10.0 Å². The van der Waals surface area contributed by atoms with Gasteiger partial charge in [0.1, 0.15) is 5.75 Å². The third kappa shape index (κ3) is 5.57. The average Bonchev–Trinajstić information content (AvgIpc) is 2.83. The maximum Gasteiger partial charge on any atom is 0.243 e. The molecule has 4 rings (SSSR count). The Kier molecular flexibility index (Phi) is 8.18. The summed E-state index contributed by atoms with van der Waals surface area (Å²) in [5.74, 6) is 7.59. The van der Waals surface area contributed by atoms with Gasteiger partial charge in [-0.25, -0.2) is 8.42 Å². The number of fused-ring (bicyclic) bond motifs is 1. The average molecular weight is 497 g/mol. The Labute approximate surface area is 210 Å². The Morgan fingerprint density at radius 3 is 2.54 bits per heavy atom. The summed E-state index contributed by atoms with van der Waals surface area (Å²) in [6, 6.07) is 14.9. The molecule has 2 aromatic carbocycles. The Balaban J connectivity index is 1.58. The number of hydrogen-bond donors (Lipinski definition) is 1. The van der Waals surface area contributed by atoms with Crippen LogP contribution in [-0.4, -0.2) is 68.2 Å². The second-order valence-corrected chi connectivity index (χ2v) is 11.8. The number of hydrogen-bond acceptors (Lipinski definition) is 5. The molecule has 7 heteroatoms. The second-order valence-electron chi connectivity index (χ2n) is 9.85. The number of methoxy groups -OCH3 is 1. The monoisotopic (exact) mass is 496 g/mol. The first-order valence-corrected chi connectivity index (χ1v) is 13.9. The van der Waals surface area contributed by atoms with Crippen LogP contribution in [0.3, 0.4) is 0 Å². The van der Waals surface area contributed by atoms with Crippen molar-refractivity contribution in [3.05, 3.63) is 59.7 Å². The van der Waals surface area contributed by atoms with E-state index >= 15 is 0 Å². The molecule has 0 amide bonds. The van der Waals surface area contributed by atoms with E-state index in [1.807, 2.05) is 12.1 Å². The van der Waals surface area contributed by atoms with E-state index in [1.165, 1.54) is 7.11 Å². The molecule has 188 valence electrons. The lowest BCUT2D eigenvalue weighted by Crippen LogP contribution is -2.67. The van der Waals surface area contributed by atoms with E-state index in [9.17, 15) is 13.5 Å². The summed E-state index contributed by atoms with van der Waals surface area (Å²) in [4.78, 5) is 2.54. The molecule has 6 nitrogen and oxygen atoms in total. The lowest BCUT2D eigenvalue weighted by atomic mass is 9.74. The molecule has 2 aliphatic heterocycles. The van der Waals surface area contributed by atoms with Crippen molar-refractivity contribution in [2.24, 2.45) is 5.92 Å². The van der Waals surface area contributed by atoms with Gasteiger partial charge < -0.3 is 9.84 Å². The molecular weight excluding hydrogens is 460 g/mol. The number of aliphatic hydroxyl groups is 1. The van der Waals surface area contributed by atoms with Gasteiger partial charge in [-0.05, 0) is 55.1 Å². The highest BCUT2D eigenvalue weighted by atomic mass is 32.2. The van der Waals surface area contributed by atoms with Gasteiger partial charge in [-0.2, -0.15) is 4.31 Å². The fraction of sp³-hybridized carbons (Fsp3) is 0.500. The van der Waals surface area contributed by atoms with Crippen molar-refractivity contribution >= 4 is 10.0 Å². The molecule has 2 aromatic rings. The Morgan fingerprint density at radius 2 is 1.86 bits per heavy atom. The van der Waals surface area contributed by atoms with E-state index in [2.05, 4.69) is 42.7 Å². The quantitative estimate of drug-likeness (QED) is 0.618. The van der Waals surface area contributed by atoms with Gasteiger partial charge in [0.2, 0.25) is 10.0 Å². The zero-order valence-electron chi connectivity index (χ0n) is 20.9. The molecule has 0 radical (unpaired) electrons. The van der Waals surface area contributed by atoms with Crippen molar-refractivity contribution in [2.75, 3.05) is 33.4 Å². The van der Waals surface area contributed by atoms with Gasteiger partial charge in [0, 0.05) is 49.1 Å². The molecule has 2 aliphatic rings. The van der Waals surface area contributed by atoms with Crippen LogP contribution < -0.4 is 4.74 Å². The second kappa shape index (κ2) is 11.1. The molecule has 0 unspecified atom stereocenters. The maximum atomic E-state index is 13.6. The summed E-state index contributed by atoms with van der Waals surface area (Å²) in [5.41, 5.74) is 2.10. The van der Waals surface area contributed by atoms with Gasteiger partial charge >= 0.3 is 0 Å². The molecule has 0 bridgehead atoms. The molecule has 0 spiro atoms. The van der Waals surface area contributed by atoms with E-state index in [1.54, 1.807) is 28.6 Å². The van der Waals surface area contributed by atoms with Gasteiger partial charge in [-0.3, -0.25) is 4.90 Å². The van der Waals surface area contributed by atoms with Crippen LogP contribution >= 0.6 is 0 Å². The van der Waals surface area contributed by atoms with Crippen LogP contribution in [0, 0.1) is 17.8 Å². The van der Waals surface area contributed by atoms with Crippen molar-refractivity contribution in [1.82, 2.24) is 9.21 Å². The van der Waals surface area contributed by atoms with Crippen LogP contribution in [0.15, 0.2) is 53.4 Å². The summed E-state index contributed by atoms with van der Waals surface area (Å²) in [6.45, 7) is 6.13. The molecule has 1 N–H and O–H groups in total. The normalized spacial score (nSPS) is 23.4. The number of sulfonamides is 1. The minimum absolute atomic E-state index is 0.00246. The zero-order valence-corrected chi connectivity index (χ0v) is 21.7. The first-order valence-electron chi connectivity index (χ1n) is 12.4. The predicted octanol–water partition coefficient (Wildman–Crippen LogP) is 3.71. The molecular formula is C28H36N2O4S. The summed E-state index contributed by atoms with van der Waals surface area (Å²) in [7, 11) is -2.13. The standard InChI is InChI=1S/C28H36N2O4S/c1-21(2)8-6-9-22-12-14-23(15-13-22)28-26-19-29(16-4-5-17-30(26)27(28)20-31)35(32,33)25-11-7-10-24(18-25)34-3/h7,10-15,18,21,26-28,31H,4-5,8,16-17,19-20H2,1-3H3/t26-,27+,28-/m1/s1. The van der Waals surface area contributed by atoms with Gasteiger partial charge in [-0.1, -0.05) is 43.9 Å². The van der Waals surface area contributed by atoms with Crippen molar-refractivity contribution in [1.29, 1.82) is 0 Å². The van der Waals surface area contributed by atoms with Crippen molar-refractivity contribution < 1.29 is 18.3 Å². The van der Waals surface area contributed by atoms with Crippen LogP contribution in [0.4, 0.5) is 0 Å². The van der Waals surface area contributed by atoms with Gasteiger partial charge in [0.15, 0.2) is 0 Å². The molecule has 2 fully saturated rings. The van der Waals surface area contributed by atoms with Crippen LogP contribution in [0.5, 0.6) is 5.75 Å². The van der Waals surface area contributed by atoms with Crippen molar-refractivity contribution in [3.8, 4) is 17.6 Å². The highest BCUT2D eigenvalue weighted by Gasteiger charge is 2.50. The molecule has 35 heavy (non-hydrogen) atoms. The van der Waals surface area contributed by atoms with E-state index in [4.69, 9.17) is 4.74 Å². The van der Waals surface area contributed by atoms with Crippen LogP contribution in [0.1, 0.15) is 50.2 Å². The van der Waals surface area contributed by atoms with Gasteiger partial charge in [0.05, 0.1) is 18.6 Å². The van der Waals surface area contributed by atoms with Crippen molar-refractivity contribution in [3.63, 3.8) is 0 Å². The summed E-state index contributed by atoms with van der Waals surface area (Å²) in [5, 5.41) is 10.2. The summed E-state index contributed by atoms with van der Waals surface area (Å²) >= 11 is 0. The summed E-state index contributed by atoms with van der Waals surface area (Å²) in [6.07, 6.45) is 2.55. The zero-order chi connectivity index (χ0) is 25.0. The first-order chi connectivity index (χ1) is 16.8. The fourth-order valence-electron chi connectivity index (χ4n) is 5.18. The molecule has 3 atom stereocenters. The lowest BCUT2D eigenvalue weighted by Gasteiger charge is -2.57. The first kappa shape index (κ1) is 25.7. The van der Waals surface area contributed by atoms with Gasteiger partial charge in [0.25, 0.3) is 0 Å². The maximum absolute atomic E-state index is 13.6. The van der Waals surface area contributed by atoms with E-state index in [0.29, 0.717) is 24.8 Å². The fourth-order valence-corrected chi connectivity index (χ4v) is 6.72. The van der Waals surface area contributed by atoms with Crippen molar-refractivity contribution in [2.45, 2.75) is 56.0 Å². The number of rotatable bonds is 6. The molecule has 2 saturated heterocycles. The topological polar surface area (TPSA) is 70.1 Å². The number of ether oxygens (including phenoxy) is 1. The van der Waals surface area contributed by atoms with E-state index in [0.717, 1.165) is 36.9 Å². The van der Waals surface area contributed by atoms with Crippen LogP contribution in [-0.2, 0) is 10.0 Å². The molecule has 2 heterocycles. The lowest BCUT2D eigenvalue weighted by molar-refractivity contribution is -0.0553. The highest BCUT2D eigenvalue weighted by Crippen LogP contribution is 2.42. The highest BCUT2D eigenvalue weighted by molar-refractivity contribution is 7.89. The Hall–Kier alpha value is -2.37. The number of aliphatic hydroxyl groups excluding tert-OH is 1. The van der Waals surface area contributed by atoms with Crippen LogP contribution in [0.2, 0.25) is 0 Å². The predicted molar refractivity (Wildman–Crippen MR) is 138 cm³/mol. The molecule has 0 aliphatic carbocycles. The summed E-state index contributed by atoms with van der Waals surface area (Å²) < 4.78 is 34.0. The third-order valence-corrected chi connectivity index (χ3v) is 8.91. The smallest absolute Gasteiger partial charge is 0.243 e. The molecule has 0 saturated carbocycles. The third-order valence-electron chi connectivity index (χ3n) is 7.05. The minimum atomic E-state index is -3.66. The minimum Gasteiger partial charge on any atom is -0.497 e. The largest absolute Gasteiger partial charge is 0.497 e. The van der Waals surface area contributed by atoms with Gasteiger partial charge in [-0.15, -0.1) is 0 Å². The Morgan fingerprint density at radius 1 is 1.11 bits per heavy atom. The SMILES string of the molecule is COc1cccc(S(=O)(=O)N2CCCCN3[C@H](C2)[C@@H](c2ccc(C#CCC(C)C)cc2)[C@@H]3CO)c1. The van der Waals surface area contributed by atoms with E-state index in [-0.39, 0.29) is 29.5 Å². The number of nitrogens with zero attached hydrogens (tertiary/aromatic N) is 2. The van der Waals surface area contributed by atoms with Crippen LogP contribution in [0.25, 0.3) is 0 Å². The Bertz CT molecular complexity index is 1170.